The Kier molecular flexibility index (Phi) is 4.97. The van der Waals surface area contributed by atoms with Gasteiger partial charge < -0.3 is 0 Å². The monoisotopic (exact) mass is 427 g/mol. The van der Waals surface area contributed by atoms with E-state index in [4.69, 9.17) is 10.1 Å². The van der Waals surface area contributed by atoms with E-state index in [0.29, 0.717) is 11.3 Å². The van der Waals surface area contributed by atoms with Gasteiger partial charge >= 0.3 is 0 Å². The Balaban J connectivity index is 1.53. The summed E-state index contributed by atoms with van der Waals surface area (Å²) in [5.41, 5.74) is 4.57. The van der Waals surface area contributed by atoms with Crippen LogP contribution in [0.3, 0.4) is 0 Å². The number of nitro groups is 1. The standard InChI is InChI=1S/C23H17N5O2S/c29-28(30)19-10-4-8-17(12-19)21-15-31-23(25-21)27-22(18-9-5-11-24-14-18)13-20(26-27)16-6-2-1-3-7-16/h1-12,14-15,22H,13H2. The number of hydrazone groups is 1. The second-order valence-corrected chi connectivity index (χ2v) is 7.92. The molecule has 3 heterocycles. The van der Waals surface area contributed by atoms with Crippen molar-refractivity contribution in [2.75, 3.05) is 5.01 Å². The van der Waals surface area contributed by atoms with Gasteiger partial charge in [0.15, 0.2) is 0 Å². The lowest BCUT2D eigenvalue weighted by Gasteiger charge is -2.20. The summed E-state index contributed by atoms with van der Waals surface area (Å²) in [4.78, 5) is 19.8. The van der Waals surface area contributed by atoms with Crippen LogP contribution in [0.2, 0.25) is 0 Å². The third kappa shape index (κ3) is 3.80. The Morgan fingerprint density at radius 2 is 1.87 bits per heavy atom. The molecule has 5 rings (SSSR count). The van der Waals surface area contributed by atoms with Crippen molar-refractivity contribution in [2.45, 2.75) is 12.5 Å². The number of hydrogen-bond acceptors (Lipinski definition) is 7. The molecule has 2 aromatic heterocycles. The molecule has 0 fully saturated rings. The fourth-order valence-corrected chi connectivity index (χ4v) is 4.44. The number of aromatic nitrogens is 2. The molecule has 0 saturated heterocycles. The number of anilines is 1. The molecule has 8 heteroatoms. The van der Waals surface area contributed by atoms with E-state index in [0.717, 1.165) is 28.4 Å². The number of non-ortho nitro benzene ring substituents is 1. The first kappa shape index (κ1) is 19.1. The summed E-state index contributed by atoms with van der Waals surface area (Å²) in [5, 5.41) is 20.6. The Morgan fingerprint density at radius 1 is 1.03 bits per heavy atom. The molecule has 152 valence electrons. The normalized spacial score (nSPS) is 15.7. The van der Waals surface area contributed by atoms with Crippen molar-refractivity contribution in [1.82, 2.24) is 9.97 Å². The molecule has 31 heavy (non-hydrogen) atoms. The Labute approximate surface area is 182 Å². The number of nitro benzene ring substituents is 1. The van der Waals surface area contributed by atoms with Crippen molar-refractivity contribution in [3.05, 3.63) is 106 Å². The van der Waals surface area contributed by atoms with Crippen molar-refractivity contribution in [2.24, 2.45) is 5.10 Å². The van der Waals surface area contributed by atoms with Crippen molar-refractivity contribution in [3.63, 3.8) is 0 Å². The highest BCUT2D eigenvalue weighted by atomic mass is 32.1. The Bertz CT molecular complexity index is 1260. The van der Waals surface area contributed by atoms with Gasteiger partial charge in [-0.05, 0) is 17.2 Å². The van der Waals surface area contributed by atoms with Crippen LogP contribution in [0.4, 0.5) is 10.8 Å². The van der Waals surface area contributed by atoms with Gasteiger partial charge in [0.1, 0.15) is 0 Å². The zero-order chi connectivity index (χ0) is 21.2. The number of thiazole rings is 1. The Hall–Kier alpha value is -3.91. The molecular formula is C23H17N5O2S. The molecule has 1 unspecified atom stereocenters. The summed E-state index contributed by atoms with van der Waals surface area (Å²) < 4.78 is 0. The predicted octanol–water partition coefficient (Wildman–Crippen LogP) is 5.47. The molecule has 4 aromatic rings. The molecule has 7 nitrogen and oxygen atoms in total. The number of benzene rings is 2. The van der Waals surface area contributed by atoms with Gasteiger partial charge in [0.2, 0.25) is 5.13 Å². The van der Waals surface area contributed by atoms with E-state index in [2.05, 4.69) is 17.1 Å². The molecule has 1 aliphatic heterocycles. The summed E-state index contributed by atoms with van der Waals surface area (Å²) in [6, 6.07) is 20.6. The minimum Gasteiger partial charge on any atom is -0.264 e. The van der Waals surface area contributed by atoms with Gasteiger partial charge in [-0.1, -0.05) is 48.5 Å². The highest BCUT2D eigenvalue weighted by molar-refractivity contribution is 7.14. The highest BCUT2D eigenvalue weighted by Crippen LogP contribution is 2.39. The van der Waals surface area contributed by atoms with Crippen LogP contribution in [0, 0.1) is 10.1 Å². The summed E-state index contributed by atoms with van der Waals surface area (Å²) in [5.74, 6) is 0. The molecule has 0 radical (unpaired) electrons. The van der Waals surface area contributed by atoms with Crippen LogP contribution in [0.1, 0.15) is 23.6 Å². The van der Waals surface area contributed by atoms with E-state index in [9.17, 15) is 10.1 Å². The molecule has 0 N–H and O–H groups in total. The number of rotatable bonds is 5. The van der Waals surface area contributed by atoms with E-state index in [1.165, 1.54) is 17.4 Å². The lowest BCUT2D eigenvalue weighted by molar-refractivity contribution is -0.384. The largest absolute Gasteiger partial charge is 0.270 e. The van der Waals surface area contributed by atoms with Gasteiger partial charge in [-0.15, -0.1) is 11.3 Å². The minimum absolute atomic E-state index is 0.0204. The molecular weight excluding hydrogens is 410 g/mol. The topological polar surface area (TPSA) is 84.5 Å². The maximum atomic E-state index is 11.1. The van der Waals surface area contributed by atoms with Crippen LogP contribution < -0.4 is 5.01 Å². The lowest BCUT2D eigenvalue weighted by Crippen LogP contribution is -2.18. The number of pyridine rings is 1. The predicted molar refractivity (Wildman–Crippen MR) is 121 cm³/mol. The van der Waals surface area contributed by atoms with E-state index in [-0.39, 0.29) is 11.7 Å². The zero-order valence-corrected chi connectivity index (χ0v) is 17.1. The molecule has 1 atom stereocenters. The van der Waals surface area contributed by atoms with E-state index < -0.39 is 4.92 Å². The van der Waals surface area contributed by atoms with Crippen molar-refractivity contribution >= 4 is 27.9 Å². The van der Waals surface area contributed by atoms with Gasteiger partial charge in [0.25, 0.3) is 5.69 Å². The maximum absolute atomic E-state index is 11.1. The zero-order valence-electron chi connectivity index (χ0n) is 16.3. The van der Waals surface area contributed by atoms with Crippen LogP contribution in [0.5, 0.6) is 0 Å². The molecule has 2 aromatic carbocycles. The first-order valence-electron chi connectivity index (χ1n) is 9.71. The molecule has 0 saturated carbocycles. The summed E-state index contributed by atoms with van der Waals surface area (Å²) >= 11 is 1.47. The average Bonchev–Trinajstić information content (AvgIpc) is 3.48. The fraction of sp³-hybridized carbons (Fsp3) is 0.0870. The maximum Gasteiger partial charge on any atom is 0.270 e. The van der Waals surface area contributed by atoms with Crippen LogP contribution >= 0.6 is 11.3 Å². The lowest BCUT2D eigenvalue weighted by atomic mass is 10.00. The van der Waals surface area contributed by atoms with Gasteiger partial charge in [-0.3, -0.25) is 15.1 Å². The first-order valence-corrected chi connectivity index (χ1v) is 10.6. The van der Waals surface area contributed by atoms with Gasteiger partial charge in [0.05, 0.1) is 22.4 Å². The minimum atomic E-state index is -0.397. The van der Waals surface area contributed by atoms with Gasteiger partial charge in [0, 0.05) is 41.9 Å². The highest BCUT2D eigenvalue weighted by Gasteiger charge is 2.32. The first-order chi connectivity index (χ1) is 15.2. The van der Waals surface area contributed by atoms with Crippen LogP contribution in [0.25, 0.3) is 11.3 Å². The molecule has 0 amide bonds. The quantitative estimate of drug-likeness (QED) is 0.311. The second kappa shape index (κ2) is 8.08. The van der Waals surface area contributed by atoms with Gasteiger partial charge in [-0.2, -0.15) is 5.10 Å². The van der Waals surface area contributed by atoms with Gasteiger partial charge in [-0.25, -0.2) is 9.99 Å². The van der Waals surface area contributed by atoms with Crippen molar-refractivity contribution in [3.8, 4) is 11.3 Å². The number of hydrogen-bond donors (Lipinski definition) is 0. The summed E-state index contributed by atoms with van der Waals surface area (Å²) in [6.07, 6.45) is 4.35. The molecule has 1 aliphatic rings. The van der Waals surface area contributed by atoms with Crippen LogP contribution in [-0.2, 0) is 0 Å². The van der Waals surface area contributed by atoms with Crippen molar-refractivity contribution in [1.29, 1.82) is 0 Å². The third-order valence-corrected chi connectivity index (χ3v) is 5.96. The van der Waals surface area contributed by atoms with Crippen LogP contribution in [-0.4, -0.2) is 20.6 Å². The SMILES string of the molecule is O=[N+]([O-])c1cccc(-c2csc(N3N=C(c4ccccc4)CC3c3cccnc3)n2)c1. The van der Waals surface area contributed by atoms with E-state index in [1.807, 2.05) is 53.0 Å². The summed E-state index contributed by atoms with van der Waals surface area (Å²) in [6.45, 7) is 0. The molecule has 0 aliphatic carbocycles. The smallest absolute Gasteiger partial charge is 0.264 e. The Morgan fingerprint density at radius 3 is 2.65 bits per heavy atom. The average molecular weight is 427 g/mol. The van der Waals surface area contributed by atoms with Crippen molar-refractivity contribution < 1.29 is 4.92 Å². The molecule has 0 bridgehead atoms. The number of nitrogens with zero attached hydrogens (tertiary/aromatic N) is 5. The second-order valence-electron chi connectivity index (χ2n) is 7.09. The molecule has 0 spiro atoms. The third-order valence-electron chi connectivity index (χ3n) is 5.13. The summed E-state index contributed by atoms with van der Waals surface area (Å²) in [7, 11) is 0. The fourth-order valence-electron chi connectivity index (χ4n) is 3.61. The van der Waals surface area contributed by atoms with Crippen LogP contribution in [0.15, 0.2) is 89.6 Å². The van der Waals surface area contributed by atoms with E-state index in [1.54, 1.807) is 18.3 Å². The van der Waals surface area contributed by atoms with E-state index >= 15 is 0 Å².